The number of nitrogens with two attached hydrogens (primary N) is 1. The molecule has 5 nitrogen and oxygen atoms in total. The molecule has 0 saturated carbocycles. The summed E-state index contributed by atoms with van der Waals surface area (Å²) in [5, 5.41) is 7.27. The smallest absolute Gasteiger partial charge is 0.312 e. The largest absolute Gasteiger partial charge is 0.405 e. The van der Waals surface area contributed by atoms with Crippen molar-refractivity contribution in [1.29, 1.82) is 0 Å². The Kier molecular flexibility index (Phi) is 1.50. The molecule has 1 aromatic rings. The van der Waals surface area contributed by atoms with E-state index < -0.39 is 0 Å². The molecule has 1 aliphatic rings. The molecule has 11 heavy (non-hydrogen) atoms. The molecule has 0 aliphatic carbocycles. The number of nitrogen functional groups attached to an aromatic ring is 1. The van der Waals surface area contributed by atoms with Gasteiger partial charge in [0.25, 0.3) is 0 Å². The summed E-state index contributed by atoms with van der Waals surface area (Å²) < 4.78 is 10.3. The van der Waals surface area contributed by atoms with Crippen molar-refractivity contribution in [3.05, 3.63) is 5.89 Å². The Morgan fingerprint density at radius 2 is 2.36 bits per heavy atom. The Hall–Kier alpha value is -1.10. The molecule has 0 amide bonds. The second-order valence-corrected chi connectivity index (χ2v) is 2.48. The first-order chi connectivity index (χ1) is 5.36. The lowest BCUT2D eigenvalue weighted by Gasteiger charge is -2.00. The minimum Gasteiger partial charge on any atom is -0.405 e. The van der Waals surface area contributed by atoms with Crippen LogP contribution in [0.4, 0.5) is 6.01 Å². The van der Waals surface area contributed by atoms with E-state index in [2.05, 4.69) is 10.2 Å². The molecular weight excluding hydrogens is 146 g/mol. The lowest BCUT2D eigenvalue weighted by molar-refractivity contribution is 0.0898. The predicted molar refractivity (Wildman–Crippen MR) is 36.6 cm³/mol. The van der Waals surface area contributed by atoms with Gasteiger partial charge < -0.3 is 14.9 Å². The third-order valence-corrected chi connectivity index (χ3v) is 1.66. The number of hydrogen-bond acceptors (Lipinski definition) is 5. The Bertz CT molecular complexity index is 242. The Labute approximate surface area is 63.5 Å². The molecule has 2 heterocycles. The number of rotatable bonds is 1. The average molecular weight is 155 g/mol. The van der Waals surface area contributed by atoms with Crippen LogP contribution in [0.2, 0.25) is 0 Å². The molecule has 0 bridgehead atoms. The van der Waals surface area contributed by atoms with Gasteiger partial charge in [-0.2, -0.15) is 0 Å². The van der Waals surface area contributed by atoms with Crippen LogP contribution in [0, 0.1) is 0 Å². The van der Waals surface area contributed by atoms with Crippen LogP contribution in [0.5, 0.6) is 0 Å². The van der Waals surface area contributed by atoms with Crippen LogP contribution in [0.1, 0.15) is 24.8 Å². The number of nitrogens with zero attached hydrogens (tertiary/aromatic N) is 2. The highest BCUT2D eigenvalue weighted by molar-refractivity contribution is 5.06. The minimum atomic E-state index is -0.0280. The first kappa shape index (κ1) is 6.60. The van der Waals surface area contributed by atoms with Gasteiger partial charge in [0.1, 0.15) is 6.10 Å². The van der Waals surface area contributed by atoms with Gasteiger partial charge in [0.05, 0.1) is 0 Å². The second-order valence-electron chi connectivity index (χ2n) is 2.48. The van der Waals surface area contributed by atoms with Crippen molar-refractivity contribution >= 4 is 6.01 Å². The normalized spacial score (nSPS) is 24.2. The van der Waals surface area contributed by atoms with E-state index in [0.29, 0.717) is 5.89 Å². The lowest BCUT2D eigenvalue weighted by atomic mass is 10.2. The van der Waals surface area contributed by atoms with E-state index in [0.717, 1.165) is 19.4 Å². The van der Waals surface area contributed by atoms with Gasteiger partial charge in [0, 0.05) is 6.61 Å². The molecule has 2 rings (SSSR count). The molecule has 1 aromatic heterocycles. The molecule has 0 unspecified atom stereocenters. The zero-order valence-electron chi connectivity index (χ0n) is 5.99. The van der Waals surface area contributed by atoms with E-state index in [4.69, 9.17) is 14.9 Å². The van der Waals surface area contributed by atoms with E-state index in [9.17, 15) is 0 Å². The van der Waals surface area contributed by atoms with Gasteiger partial charge >= 0.3 is 6.01 Å². The fourth-order valence-electron chi connectivity index (χ4n) is 1.15. The molecule has 0 spiro atoms. The van der Waals surface area contributed by atoms with E-state index in [1.807, 2.05) is 0 Å². The molecule has 1 atom stereocenters. The lowest BCUT2D eigenvalue weighted by Crippen LogP contribution is -1.95. The summed E-state index contributed by atoms with van der Waals surface area (Å²) in [5.74, 6) is 0.500. The molecule has 0 radical (unpaired) electrons. The molecule has 1 saturated heterocycles. The Balaban J connectivity index is 2.15. The first-order valence-electron chi connectivity index (χ1n) is 3.57. The summed E-state index contributed by atoms with van der Waals surface area (Å²) in [6, 6.07) is 0.107. The van der Waals surface area contributed by atoms with Gasteiger partial charge in [-0.05, 0) is 12.8 Å². The maximum atomic E-state index is 5.30. The van der Waals surface area contributed by atoms with Gasteiger partial charge in [-0.15, -0.1) is 5.10 Å². The zero-order valence-corrected chi connectivity index (χ0v) is 5.99. The maximum absolute atomic E-state index is 5.30. The highest BCUT2D eigenvalue weighted by Crippen LogP contribution is 2.27. The zero-order chi connectivity index (χ0) is 7.68. The summed E-state index contributed by atoms with van der Waals surface area (Å²) in [7, 11) is 0. The van der Waals surface area contributed by atoms with Crippen LogP contribution in [0.25, 0.3) is 0 Å². The quantitative estimate of drug-likeness (QED) is 0.639. The number of anilines is 1. The number of ether oxygens (including phenoxy) is 1. The van der Waals surface area contributed by atoms with Crippen molar-refractivity contribution in [2.75, 3.05) is 12.3 Å². The molecule has 1 aliphatic heterocycles. The van der Waals surface area contributed by atoms with E-state index >= 15 is 0 Å². The summed E-state index contributed by atoms with van der Waals surface area (Å²) in [6.07, 6.45) is 1.97. The predicted octanol–water partition coefficient (Wildman–Crippen LogP) is 0.503. The van der Waals surface area contributed by atoms with Crippen molar-refractivity contribution in [2.24, 2.45) is 0 Å². The van der Waals surface area contributed by atoms with Crippen LogP contribution in [-0.4, -0.2) is 16.8 Å². The SMILES string of the molecule is Nc1nnc([C@@H]2CCCO2)o1. The van der Waals surface area contributed by atoms with Crippen LogP contribution in [0.15, 0.2) is 4.42 Å². The van der Waals surface area contributed by atoms with Crippen molar-refractivity contribution in [2.45, 2.75) is 18.9 Å². The molecule has 1 fully saturated rings. The fraction of sp³-hybridized carbons (Fsp3) is 0.667. The monoisotopic (exact) mass is 155 g/mol. The summed E-state index contributed by atoms with van der Waals surface area (Å²) in [4.78, 5) is 0. The van der Waals surface area contributed by atoms with Crippen LogP contribution in [-0.2, 0) is 4.74 Å². The maximum Gasteiger partial charge on any atom is 0.312 e. The molecule has 60 valence electrons. The summed E-state index contributed by atoms with van der Waals surface area (Å²) in [5.41, 5.74) is 5.25. The Morgan fingerprint density at radius 1 is 1.45 bits per heavy atom. The first-order valence-corrected chi connectivity index (χ1v) is 3.57. The highest BCUT2D eigenvalue weighted by Gasteiger charge is 2.22. The average Bonchev–Trinajstić information content (AvgIpc) is 2.55. The van der Waals surface area contributed by atoms with Crippen LogP contribution in [0.3, 0.4) is 0 Å². The van der Waals surface area contributed by atoms with E-state index in [1.54, 1.807) is 0 Å². The molecule has 2 N–H and O–H groups in total. The third-order valence-electron chi connectivity index (χ3n) is 1.66. The summed E-state index contributed by atoms with van der Waals surface area (Å²) in [6.45, 7) is 0.771. The van der Waals surface area contributed by atoms with Gasteiger partial charge in [-0.1, -0.05) is 5.10 Å². The fourth-order valence-corrected chi connectivity index (χ4v) is 1.15. The van der Waals surface area contributed by atoms with Gasteiger partial charge in [-0.3, -0.25) is 0 Å². The second kappa shape index (κ2) is 2.50. The Morgan fingerprint density at radius 3 is 2.91 bits per heavy atom. The minimum absolute atomic E-state index is 0.0280. The van der Waals surface area contributed by atoms with Crippen molar-refractivity contribution in [3.8, 4) is 0 Å². The molecular formula is C6H9N3O2. The number of hydrogen-bond donors (Lipinski definition) is 1. The van der Waals surface area contributed by atoms with Crippen LogP contribution >= 0.6 is 0 Å². The van der Waals surface area contributed by atoms with E-state index in [-0.39, 0.29) is 12.1 Å². The van der Waals surface area contributed by atoms with Gasteiger partial charge in [-0.25, -0.2) is 0 Å². The van der Waals surface area contributed by atoms with Crippen molar-refractivity contribution in [3.63, 3.8) is 0 Å². The third kappa shape index (κ3) is 1.19. The van der Waals surface area contributed by atoms with Crippen molar-refractivity contribution in [1.82, 2.24) is 10.2 Å². The van der Waals surface area contributed by atoms with Gasteiger partial charge in [0.15, 0.2) is 0 Å². The standard InChI is InChI=1S/C6H9N3O2/c7-6-9-8-5(11-6)4-2-1-3-10-4/h4H,1-3H2,(H2,7,9)/t4-/m0/s1. The highest BCUT2D eigenvalue weighted by atomic mass is 16.5. The van der Waals surface area contributed by atoms with Crippen LogP contribution < -0.4 is 5.73 Å². The van der Waals surface area contributed by atoms with E-state index in [1.165, 1.54) is 0 Å². The molecule has 0 aromatic carbocycles. The molecule has 5 heteroatoms. The summed E-state index contributed by atoms with van der Waals surface area (Å²) >= 11 is 0. The topological polar surface area (TPSA) is 74.2 Å². The van der Waals surface area contributed by atoms with Gasteiger partial charge in [0.2, 0.25) is 5.89 Å². The number of aromatic nitrogens is 2. The van der Waals surface area contributed by atoms with Crippen molar-refractivity contribution < 1.29 is 9.15 Å².